The van der Waals surface area contributed by atoms with E-state index in [4.69, 9.17) is 5.73 Å². The van der Waals surface area contributed by atoms with Crippen LogP contribution in [-0.2, 0) is 4.79 Å². The van der Waals surface area contributed by atoms with Gasteiger partial charge < -0.3 is 11.1 Å². The van der Waals surface area contributed by atoms with Crippen LogP contribution in [0.2, 0.25) is 0 Å². The topological polar surface area (TPSA) is 68.0 Å². The summed E-state index contributed by atoms with van der Waals surface area (Å²) in [7, 11) is 0. The minimum Gasteiger partial charge on any atom is -0.316 e. The molecule has 0 fully saturated rings. The highest BCUT2D eigenvalue weighted by Gasteiger charge is 2.16. The van der Waals surface area contributed by atoms with Crippen LogP contribution in [0.25, 0.3) is 0 Å². The maximum absolute atomic E-state index is 13.0. The normalized spacial score (nSPS) is 11.4. The molecule has 1 aromatic heterocycles. The van der Waals surface area contributed by atoms with Gasteiger partial charge in [0.05, 0.1) is 0 Å². The second-order valence-corrected chi connectivity index (χ2v) is 4.25. The number of carbonyl (C=O) groups excluding carboxylic acids is 1. The lowest BCUT2D eigenvalue weighted by molar-refractivity contribution is -0.117. The highest BCUT2D eigenvalue weighted by atomic mass is 35.5. The number of hydrogen-bond donors (Lipinski definition) is 2. The van der Waals surface area contributed by atoms with Crippen molar-refractivity contribution in [2.24, 2.45) is 5.73 Å². The molecule has 0 aliphatic rings. The molecular weight excluding hydrogens is 277 g/mol. The molecule has 0 unspecified atom stereocenters. The Kier molecular flexibility index (Phi) is 5.21. The van der Waals surface area contributed by atoms with Crippen molar-refractivity contribution in [3.8, 4) is 0 Å². The first-order valence-electron chi connectivity index (χ1n) is 4.88. The Morgan fingerprint density at radius 1 is 1.50 bits per heavy atom. The van der Waals surface area contributed by atoms with E-state index in [1.54, 1.807) is 17.6 Å². The molecule has 0 spiro atoms. The second kappa shape index (κ2) is 6.44. The molecule has 2 aromatic rings. The average Bonchev–Trinajstić information content (AvgIpc) is 2.80. The van der Waals surface area contributed by atoms with Crippen molar-refractivity contribution in [3.05, 3.63) is 47.2 Å². The van der Waals surface area contributed by atoms with Gasteiger partial charge in [0, 0.05) is 11.6 Å². The molecule has 2 rings (SSSR count). The number of anilines is 1. The van der Waals surface area contributed by atoms with Gasteiger partial charge in [-0.2, -0.15) is 0 Å². The van der Waals surface area contributed by atoms with Gasteiger partial charge in [-0.25, -0.2) is 9.37 Å². The third-order valence-corrected chi connectivity index (χ3v) is 2.84. The fourth-order valence-corrected chi connectivity index (χ4v) is 1.85. The number of carbonyl (C=O) groups is 1. The summed E-state index contributed by atoms with van der Waals surface area (Å²) in [4.78, 5) is 15.6. The van der Waals surface area contributed by atoms with Crippen molar-refractivity contribution in [2.45, 2.75) is 6.04 Å². The van der Waals surface area contributed by atoms with E-state index >= 15 is 0 Å². The zero-order valence-electron chi connectivity index (χ0n) is 9.17. The molecule has 96 valence electrons. The molecule has 1 atom stereocenters. The van der Waals surface area contributed by atoms with Crippen LogP contribution in [0.5, 0.6) is 0 Å². The van der Waals surface area contributed by atoms with E-state index in [1.807, 2.05) is 0 Å². The lowest BCUT2D eigenvalue weighted by atomic mass is 10.1. The number of halogens is 2. The van der Waals surface area contributed by atoms with Crippen molar-refractivity contribution >= 4 is 34.8 Å². The number of nitrogens with zero attached hydrogens (tertiary/aromatic N) is 1. The predicted molar refractivity (Wildman–Crippen MR) is 71.3 cm³/mol. The Balaban J connectivity index is 0.00000162. The average molecular weight is 288 g/mol. The van der Waals surface area contributed by atoms with Gasteiger partial charge in [0.25, 0.3) is 0 Å². The summed E-state index contributed by atoms with van der Waals surface area (Å²) in [5.74, 6) is -0.828. The molecule has 0 radical (unpaired) electrons. The molecule has 3 N–H and O–H groups in total. The van der Waals surface area contributed by atoms with Crippen molar-refractivity contribution in [2.75, 3.05) is 5.32 Å². The molecule has 7 heteroatoms. The number of hydrogen-bond acceptors (Lipinski definition) is 4. The molecule has 0 saturated carbocycles. The van der Waals surface area contributed by atoms with E-state index in [1.165, 1.54) is 29.5 Å². The van der Waals surface area contributed by atoms with E-state index in [9.17, 15) is 9.18 Å². The van der Waals surface area contributed by atoms with Gasteiger partial charge in [-0.05, 0) is 17.7 Å². The number of nitrogens with one attached hydrogen (secondary N) is 1. The quantitative estimate of drug-likeness (QED) is 0.910. The standard InChI is InChI=1S/C11H10FN3OS.ClH/c12-8-3-1-2-7(6-8)9(13)10(16)15-11-14-4-5-17-11;/h1-6,9H,13H2,(H,14,15,16);1H/t9-;/m1./s1. The molecule has 1 amide bonds. The van der Waals surface area contributed by atoms with Crippen LogP contribution >= 0.6 is 23.7 Å². The van der Waals surface area contributed by atoms with Crippen LogP contribution in [-0.4, -0.2) is 10.9 Å². The van der Waals surface area contributed by atoms with Gasteiger partial charge in [0.15, 0.2) is 5.13 Å². The Hall–Kier alpha value is -1.50. The monoisotopic (exact) mass is 287 g/mol. The van der Waals surface area contributed by atoms with Crippen molar-refractivity contribution in [1.82, 2.24) is 4.98 Å². The van der Waals surface area contributed by atoms with E-state index in [2.05, 4.69) is 10.3 Å². The molecule has 0 aliphatic heterocycles. The summed E-state index contributed by atoms with van der Waals surface area (Å²) >= 11 is 1.29. The third kappa shape index (κ3) is 3.49. The maximum Gasteiger partial charge on any atom is 0.247 e. The number of rotatable bonds is 3. The zero-order valence-corrected chi connectivity index (χ0v) is 10.8. The summed E-state index contributed by atoms with van der Waals surface area (Å²) in [6.07, 6.45) is 1.58. The highest BCUT2D eigenvalue weighted by molar-refractivity contribution is 7.13. The first kappa shape index (κ1) is 14.6. The van der Waals surface area contributed by atoms with Gasteiger partial charge in [-0.15, -0.1) is 23.7 Å². The Labute approximate surface area is 113 Å². The largest absolute Gasteiger partial charge is 0.316 e. The fourth-order valence-electron chi connectivity index (χ4n) is 1.32. The van der Waals surface area contributed by atoms with E-state index in [-0.39, 0.29) is 12.4 Å². The Bertz CT molecular complexity index is 521. The fraction of sp³-hybridized carbons (Fsp3) is 0.0909. The first-order valence-corrected chi connectivity index (χ1v) is 5.76. The summed E-state index contributed by atoms with van der Waals surface area (Å²) in [5.41, 5.74) is 6.15. The van der Waals surface area contributed by atoms with Crippen LogP contribution in [0.1, 0.15) is 11.6 Å². The van der Waals surface area contributed by atoms with Crippen LogP contribution in [0.4, 0.5) is 9.52 Å². The number of thiazole rings is 1. The summed E-state index contributed by atoms with van der Waals surface area (Å²) < 4.78 is 13.0. The van der Waals surface area contributed by atoms with Crippen molar-refractivity contribution in [3.63, 3.8) is 0 Å². The third-order valence-electron chi connectivity index (χ3n) is 2.15. The van der Waals surface area contributed by atoms with Crippen LogP contribution in [0.15, 0.2) is 35.8 Å². The molecule has 18 heavy (non-hydrogen) atoms. The van der Waals surface area contributed by atoms with Crippen molar-refractivity contribution < 1.29 is 9.18 Å². The van der Waals surface area contributed by atoms with Gasteiger partial charge in [-0.1, -0.05) is 12.1 Å². The van der Waals surface area contributed by atoms with Crippen molar-refractivity contribution in [1.29, 1.82) is 0 Å². The Morgan fingerprint density at radius 3 is 2.89 bits per heavy atom. The van der Waals surface area contributed by atoms with Crippen LogP contribution in [0, 0.1) is 5.82 Å². The molecular formula is C11H11ClFN3OS. The first-order chi connectivity index (χ1) is 8.16. The molecule has 0 aliphatic carbocycles. The maximum atomic E-state index is 13.0. The minimum absolute atomic E-state index is 0. The molecule has 0 bridgehead atoms. The number of benzene rings is 1. The van der Waals surface area contributed by atoms with Gasteiger partial charge in [-0.3, -0.25) is 4.79 Å². The predicted octanol–water partition coefficient (Wildman–Crippen LogP) is 2.34. The SMILES string of the molecule is Cl.N[C@@H](C(=O)Nc1nccs1)c1cccc(F)c1. The van der Waals surface area contributed by atoms with Crippen LogP contribution < -0.4 is 11.1 Å². The molecule has 1 aromatic carbocycles. The number of amides is 1. The van der Waals surface area contributed by atoms with Gasteiger partial charge in [0.1, 0.15) is 11.9 Å². The molecule has 1 heterocycles. The summed E-state index contributed by atoms with van der Waals surface area (Å²) in [5, 5.41) is 4.77. The smallest absolute Gasteiger partial charge is 0.247 e. The van der Waals surface area contributed by atoms with Gasteiger partial charge in [0.2, 0.25) is 5.91 Å². The van der Waals surface area contributed by atoms with E-state index in [0.29, 0.717) is 10.7 Å². The molecule has 0 saturated heterocycles. The zero-order chi connectivity index (χ0) is 12.3. The van der Waals surface area contributed by atoms with E-state index in [0.717, 1.165) is 0 Å². The number of aromatic nitrogens is 1. The second-order valence-electron chi connectivity index (χ2n) is 3.36. The Morgan fingerprint density at radius 2 is 2.28 bits per heavy atom. The highest BCUT2D eigenvalue weighted by Crippen LogP contribution is 2.16. The summed E-state index contributed by atoms with van der Waals surface area (Å²) in [6, 6.07) is 4.76. The summed E-state index contributed by atoms with van der Waals surface area (Å²) in [6.45, 7) is 0. The minimum atomic E-state index is -0.908. The lowest BCUT2D eigenvalue weighted by Crippen LogP contribution is -2.27. The van der Waals surface area contributed by atoms with Crippen LogP contribution in [0.3, 0.4) is 0 Å². The van der Waals surface area contributed by atoms with E-state index < -0.39 is 17.8 Å². The lowest BCUT2D eigenvalue weighted by Gasteiger charge is -2.10. The molecule has 4 nitrogen and oxygen atoms in total. The number of nitrogens with two attached hydrogens (primary N) is 1. The van der Waals surface area contributed by atoms with Gasteiger partial charge >= 0.3 is 0 Å².